The van der Waals surface area contributed by atoms with Crippen molar-refractivity contribution < 1.29 is 19.2 Å². The number of hydrogen-bond donors (Lipinski definition) is 3. The van der Waals surface area contributed by atoms with Crippen LogP contribution < -0.4 is 16.4 Å². The number of benzene rings is 1. The SMILES string of the molecule is NC(=O)C[C@@H]1N[C@]2(C(=O)Nc3ccccc32)[C@@H]2C(=O)N(C3CCCCC3)C(=O)[C@H]12. The summed E-state index contributed by atoms with van der Waals surface area (Å²) in [5, 5.41) is 6.06. The highest BCUT2D eigenvalue weighted by Crippen LogP contribution is 2.54. The summed E-state index contributed by atoms with van der Waals surface area (Å²) in [4.78, 5) is 53.4. The molecule has 3 fully saturated rings. The van der Waals surface area contributed by atoms with E-state index in [9.17, 15) is 19.2 Å². The van der Waals surface area contributed by atoms with Crippen LogP contribution in [0.5, 0.6) is 0 Å². The Morgan fingerprint density at radius 1 is 1.10 bits per heavy atom. The van der Waals surface area contributed by atoms with Gasteiger partial charge in [0, 0.05) is 29.8 Å². The lowest BCUT2D eigenvalue weighted by molar-refractivity contribution is -0.146. The number of carbonyl (C=O) groups is 4. The molecule has 8 nitrogen and oxygen atoms in total. The molecule has 1 spiro atoms. The summed E-state index contributed by atoms with van der Waals surface area (Å²) in [5.74, 6) is -3.15. The Hall–Kier alpha value is -2.74. The number of fused-ring (bicyclic) bond motifs is 4. The van der Waals surface area contributed by atoms with Crippen LogP contribution >= 0.6 is 0 Å². The summed E-state index contributed by atoms with van der Waals surface area (Å²) in [6.45, 7) is 0. The quantitative estimate of drug-likeness (QED) is 0.647. The van der Waals surface area contributed by atoms with Crippen LogP contribution in [0.15, 0.2) is 24.3 Å². The highest BCUT2D eigenvalue weighted by molar-refractivity contribution is 6.15. The second kappa shape index (κ2) is 6.38. The van der Waals surface area contributed by atoms with Crippen molar-refractivity contribution in [2.75, 3.05) is 5.32 Å². The zero-order valence-electron chi connectivity index (χ0n) is 16.0. The Morgan fingerprint density at radius 2 is 1.83 bits per heavy atom. The number of likely N-dealkylation sites (tertiary alicyclic amines) is 1. The first-order valence-corrected chi connectivity index (χ1v) is 10.3. The van der Waals surface area contributed by atoms with E-state index >= 15 is 0 Å². The van der Waals surface area contributed by atoms with Gasteiger partial charge in [-0.3, -0.25) is 29.4 Å². The summed E-state index contributed by atoms with van der Waals surface area (Å²) in [5.41, 5.74) is 5.37. The van der Waals surface area contributed by atoms with Gasteiger partial charge in [-0.15, -0.1) is 0 Å². The summed E-state index contributed by atoms with van der Waals surface area (Å²) < 4.78 is 0. The highest BCUT2D eigenvalue weighted by Gasteiger charge is 2.71. The molecular weight excluding hydrogens is 372 g/mol. The van der Waals surface area contributed by atoms with Crippen molar-refractivity contribution in [3.63, 3.8) is 0 Å². The van der Waals surface area contributed by atoms with Crippen LogP contribution in [-0.2, 0) is 24.7 Å². The van der Waals surface area contributed by atoms with Crippen molar-refractivity contribution in [3.05, 3.63) is 29.8 Å². The number of nitrogens with two attached hydrogens (primary N) is 1. The molecule has 0 aromatic heterocycles. The fourth-order valence-electron chi connectivity index (χ4n) is 5.87. The Balaban J connectivity index is 1.62. The average Bonchev–Trinajstić information content (AvgIpc) is 3.27. The van der Waals surface area contributed by atoms with E-state index in [-0.39, 0.29) is 30.2 Å². The number of carbonyl (C=O) groups excluding carboxylic acids is 4. The van der Waals surface area contributed by atoms with Gasteiger partial charge in [-0.1, -0.05) is 37.5 Å². The van der Waals surface area contributed by atoms with Gasteiger partial charge < -0.3 is 11.1 Å². The number of primary amides is 1. The molecule has 8 heteroatoms. The molecule has 152 valence electrons. The number of hydrogen-bond acceptors (Lipinski definition) is 5. The molecule has 0 radical (unpaired) electrons. The van der Waals surface area contributed by atoms with Crippen molar-refractivity contribution >= 4 is 29.3 Å². The first kappa shape index (κ1) is 18.3. The minimum atomic E-state index is -1.35. The number of rotatable bonds is 3. The Morgan fingerprint density at radius 3 is 2.55 bits per heavy atom. The number of nitrogens with zero attached hydrogens (tertiary/aromatic N) is 1. The van der Waals surface area contributed by atoms with Gasteiger partial charge in [-0.2, -0.15) is 0 Å². The molecule has 4 atom stereocenters. The topological polar surface area (TPSA) is 122 Å². The third kappa shape index (κ3) is 2.41. The van der Waals surface area contributed by atoms with Gasteiger partial charge in [-0.25, -0.2) is 0 Å². The highest BCUT2D eigenvalue weighted by atomic mass is 16.2. The fourth-order valence-corrected chi connectivity index (χ4v) is 5.87. The van der Waals surface area contributed by atoms with Crippen LogP contribution in [0.3, 0.4) is 0 Å². The van der Waals surface area contributed by atoms with Crippen molar-refractivity contribution in [2.45, 2.75) is 56.1 Å². The van der Waals surface area contributed by atoms with Crippen molar-refractivity contribution in [1.82, 2.24) is 10.2 Å². The van der Waals surface area contributed by atoms with Crippen LogP contribution in [0.25, 0.3) is 0 Å². The van der Waals surface area contributed by atoms with E-state index in [1.807, 2.05) is 0 Å². The monoisotopic (exact) mass is 396 g/mol. The predicted molar refractivity (Wildman–Crippen MR) is 103 cm³/mol. The molecule has 29 heavy (non-hydrogen) atoms. The molecule has 4 N–H and O–H groups in total. The van der Waals surface area contributed by atoms with E-state index in [0.717, 1.165) is 32.1 Å². The van der Waals surface area contributed by atoms with Crippen molar-refractivity contribution in [1.29, 1.82) is 0 Å². The third-order valence-corrected chi connectivity index (χ3v) is 7.02. The standard InChI is InChI=1S/C21H24N4O4/c22-15(26)10-14-16-17(19(28)25(18(16)27)11-6-2-1-3-7-11)21(24-14)12-8-4-5-9-13(12)23-20(21)29/h4-5,8-9,11,14,16-17,24H,1-3,6-7,10H2,(H2,22,26)(H,23,29)/t14-,16+,17-,21-/m0/s1. The van der Waals surface area contributed by atoms with Gasteiger partial charge in [0.15, 0.2) is 0 Å². The minimum Gasteiger partial charge on any atom is -0.370 e. The molecule has 1 aromatic rings. The normalized spacial score (nSPS) is 33.9. The predicted octanol–water partition coefficient (Wildman–Crippen LogP) is 0.615. The number of amides is 4. The van der Waals surface area contributed by atoms with E-state index < -0.39 is 29.3 Å². The molecule has 4 aliphatic rings. The van der Waals surface area contributed by atoms with Gasteiger partial charge >= 0.3 is 0 Å². The molecule has 4 amide bonds. The minimum absolute atomic E-state index is 0.101. The summed E-state index contributed by atoms with van der Waals surface area (Å²) >= 11 is 0. The number of imide groups is 1. The second-order valence-electron chi connectivity index (χ2n) is 8.57. The molecule has 3 aliphatic heterocycles. The van der Waals surface area contributed by atoms with Gasteiger partial charge in [0.1, 0.15) is 5.54 Å². The molecule has 2 saturated heterocycles. The van der Waals surface area contributed by atoms with Crippen LogP contribution in [-0.4, -0.2) is 40.6 Å². The largest absolute Gasteiger partial charge is 0.370 e. The van der Waals surface area contributed by atoms with Gasteiger partial charge in [-0.05, 0) is 18.9 Å². The van der Waals surface area contributed by atoms with E-state index in [1.165, 1.54) is 4.90 Å². The van der Waals surface area contributed by atoms with Crippen molar-refractivity contribution in [3.8, 4) is 0 Å². The Bertz CT molecular complexity index is 925. The Kier molecular flexibility index (Phi) is 4.03. The van der Waals surface area contributed by atoms with E-state index in [4.69, 9.17) is 5.73 Å². The molecule has 1 saturated carbocycles. The smallest absolute Gasteiger partial charge is 0.250 e. The van der Waals surface area contributed by atoms with Crippen LogP contribution in [0.4, 0.5) is 5.69 Å². The maximum Gasteiger partial charge on any atom is 0.250 e. The summed E-state index contributed by atoms with van der Waals surface area (Å²) in [6.07, 6.45) is 4.55. The Labute approximate surface area is 168 Å². The lowest BCUT2D eigenvalue weighted by atomic mass is 9.76. The molecule has 1 aromatic carbocycles. The second-order valence-corrected chi connectivity index (χ2v) is 8.57. The summed E-state index contributed by atoms with van der Waals surface area (Å²) in [7, 11) is 0. The maximum atomic E-state index is 13.6. The molecule has 3 heterocycles. The van der Waals surface area contributed by atoms with Crippen molar-refractivity contribution in [2.24, 2.45) is 17.6 Å². The average molecular weight is 396 g/mol. The third-order valence-electron chi connectivity index (χ3n) is 7.02. The van der Waals surface area contributed by atoms with Crippen LogP contribution in [0.2, 0.25) is 0 Å². The van der Waals surface area contributed by atoms with Crippen LogP contribution in [0, 0.1) is 11.8 Å². The maximum absolute atomic E-state index is 13.6. The number of anilines is 1. The van der Waals surface area contributed by atoms with Gasteiger partial charge in [0.2, 0.25) is 23.6 Å². The van der Waals surface area contributed by atoms with E-state index in [1.54, 1.807) is 24.3 Å². The molecule has 5 rings (SSSR count). The fraction of sp³-hybridized carbons (Fsp3) is 0.524. The zero-order chi connectivity index (χ0) is 20.3. The zero-order valence-corrected chi connectivity index (χ0v) is 16.0. The van der Waals surface area contributed by atoms with E-state index in [2.05, 4.69) is 10.6 Å². The first-order chi connectivity index (χ1) is 13.9. The summed E-state index contributed by atoms with van der Waals surface area (Å²) in [6, 6.07) is 6.41. The first-order valence-electron chi connectivity index (χ1n) is 10.3. The number of nitrogens with one attached hydrogen (secondary N) is 2. The molecular formula is C21H24N4O4. The van der Waals surface area contributed by atoms with Crippen LogP contribution in [0.1, 0.15) is 44.1 Å². The number of para-hydroxylation sites is 1. The lowest BCUT2D eigenvalue weighted by Crippen LogP contribution is -2.54. The molecule has 1 aliphatic carbocycles. The van der Waals surface area contributed by atoms with Gasteiger partial charge in [0.05, 0.1) is 11.8 Å². The molecule has 0 bridgehead atoms. The molecule has 0 unspecified atom stereocenters. The van der Waals surface area contributed by atoms with E-state index in [0.29, 0.717) is 11.3 Å². The van der Waals surface area contributed by atoms with Gasteiger partial charge in [0.25, 0.3) is 0 Å². The lowest BCUT2D eigenvalue weighted by Gasteiger charge is -2.33.